The molecule has 0 aromatic heterocycles. The second-order valence-electron chi connectivity index (χ2n) is 11.1. The van der Waals surface area contributed by atoms with Gasteiger partial charge in [-0.2, -0.15) is 5.26 Å². The van der Waals surface area contributed by atoms with Gasteiger partial charge in [0.2, 0.25) is 0 Å². The monoisotopic (exact) mass is 335 g/mol. The van der Waals surface area contributed by atoms with Crippen LogP contribution in [0.3, 0.4) is 0 Å². The van der Waals surface area contributed by atoms with Gasteiger partial charge >= 0.3 is 0 Å². The Bertz CT molecular complexity index is 509. The molecular weight excluding hydrogens is 298 g/mol. The van der Waals surface area contributed by atoms with Gasteiger partial charge in [-0.3, -0.25) is 0 Å². The van der Waals surface area contributed by atoms with Crippen LogP contribution in [0.4, 0.5) is 0 Å². The molecule has 0 bridgehead atoms. The maximum atomic E-state index is 11.1. The number of fused-ring (bicyclic) bond motifs is 1. The number of rotatable bonds is 4. The molecule has 1 N–H and O–H groups in total. The summed E-state index contributed by atoms with van der Waals surface area (Å²) >= 11 is 0. The van der Waals surface area contributed by atoms with E-state index in [0.29, 0.717) is 11.8 Å². The molecule has 2 aliphatic rings. The lowest BCUT2D eigenvalue weighted by Crippen LogP contribution is -2.50. The highest BCUT2D eigenvalue weighted by Gasteiger charge is 2.55. The van der Waals surface area contributed by atoms with E-state index in [2.05, 4.69) is 61.5 Å². The fraction of sp³-hybridized carbons (Fsp3) is 0.952. The van der Waals surface area contributed by atoms with E-state index in [1.54, 1.807) is 0 Å². The zero-order chi connectivity index (χ0) is 18.6. The van der Waals surface area contributed by atoms with E-state index < -0.39 is 6.29 Å². The van der Waals surface area contributed by atoms with Crippen LogP contribution in [0.1, 0.15) is 81.1 Å². The molecule has 2 rings (SSSR count). The Kier molecular flexibility index (Phi) is 4.92. The minimum absolute atomic E-state index is 0.0666. The van der Waals surface area contributed by atoms with Crippen molar-refractivity contribution in [2.24, 2.45) is 34.0 Å². The molecule has 2 aliphatic carbocycles. The maximum absolute atomic E-state index is 11.1. The summed E-state index contributed by atoms with van der Waals surface area (Å²) in [4.78, 5) is 0. The van der Waals surface area contributed by atoms with Crippen molar-refractivity contribution >= 4 is 0 Å². The predicted molar refractivity (Wildman–Crippen MR) is 97.1 cm³/mol. The topological polar surface area (TPSA) is 53.2 Å². The second-order valence-corrected chi connectivity index (χ2v) is 11.1. The second kappa shape index (κ2) is 5.99. The molecule has 6 unspecified atom stereocenters. The molecule has 0 radical (unpaired) electrons. The third-order valence-corrected chi connectivity index (χ3v) is 6.76. The van der Waals surface area contributed by atoms with Gasteiger partial charge in [-0.15, -0.1) is 0 Å². The van der Waals surface area contributed by atoms with Crippen molar-refractivity contribution in [1.29, 1.82) is 5.26 Å². The Morgan fingerprint density at radius 1 is 1.17 bits per heavy atom. The first-order chi connectivity index (χ1) is 10.7. The Morgan fingerprint density at radius 3 is 2.21 bits per heavy atom. The van der Waals surface area contributed by atoms with Crippen molar-refractivity contribution in [1.82, 2.24) is 0 Å². The molecule has 24 heavy (non-hydrogen) atoms. The lowest BCUT2D eigenvalue weighted by molar-refractivity contribution is -0.257. The van der Waals surface area contributed by atoms with Crippen LogP contribution < -0.4 is 0 Å². The van der Waals surface area contributed by atoms with Crippen LogP contribution in [0.25, 0.3) is 0 Å². The van der Waals surface area contributed by atoms with Crippen LogP contribution in [0.5, 0.6) is 0 Å². The van der Waals surface area contributed by atoms with Gasteiger partial charge in [0.05, 0.1) is 11.7 Å². The molecule has 0 aromatic carbocycles. The highest BCUT2D eigenvalue weighted by molar-refractivity contribution is 5.09. The third-order valence-electron chi connectivity index (χ3n) is 6.76. The average Bonchev–Trinajstić information content (AvgIpc) is 2.61. The molecule has 3 heteroatoms. The van der Waals surface area contributed by atoms with Gasteiger partial charge in [-0.05, 0) is 55.3 Å². The summed E-state index contributed by atoms with van der Waals surface area (Å²) in [5, 5.41) is 20.3. The number of hydrogen-bond acceptors (Lipinski definition) is 3. The summed E-state index contributed by atoms with van der Waals surface area (Å²) in [5.74, 6) is 1.27. The van der Waals surface area contributed by atoms with Crippen molar-refractivity contribution in [3.05, 3.63) is 0 Å². The first kappa shape index (κ1) is 19.7. The van der Waals surface area contributed by atoms with Crippen molar-refractivity contribution < 1.29 is 9.84 Å². The maximum Gasteiger partial charge on any atom is 0.161 e. The molecule has 3 nitrogen and oxygen atoms in total. The molecule has 0 spiro atoms. The first-order valence-electron chi connectivity index (χ1n) is 9.46. The van der Waals surface area contributed by atoms with Gasteiger partial charge < -0.3 is 9.84 Å². The molecule has 2 saturated carbocycles. The van der Waals surface area contributed by atoms with Crippen LogP contribution in [-0.4, -0.2) is 17.0 Å². The number of aliphatic hydroxyl groups is 1. The summed E-state index contributed by atoms with van der Waals surface area (Å²) in [5.41, 5.74) is -0.577. The minimum atomic E-state index is -0.792. The lowest BCUT2D eigenvalue weighted by atomic mass is 9.61. The van der Waals surface area contributed by atoms with Crippen LogP contribution >= 0.6 is 0 Å². The number of ether oxygens (including phenoxy) is 1. The smallest absolute Gasteiger partial charge is 0.161 e. The van der Waals surface area contributed by atoms with Crippen molar-refractivity contribution in [2.75, 3.05) is 0 Å². The van der Waals surface area contributed by atoms with Crippen molar-refractivity contribution in [3.63, 3.8) is 0 Å². The molecular formula is C21H37NO2. The van der Waals surface area contributed by atoms with Gasteiger partial charge in [-0.25, -0.2) is 0 Å². The standard InChI is InChI=1S/C21H37NO2/c1-18(2,3)13-21(8,19(4,5)6)17(23)24-20(7)10-14-9-15(12-22)16(14)11-20/h14-17,23H,9-11,13H2,1-8H3. The van der Waals surface area contributed by atoms with Crippen LogP contribution in [0.2, 0.25) is 0 Å². The summed E-state index contributed by atoms with van der Waals surface area (Å²) in [6.45, 7) is 17.5. The first-order valence-corrected chi connectivity index (χ1v) is 9.46. The van der Waals surface area contributed by atoms with Gasteiger partial charge in [0.1, 0.15) is 0 Å². The van der Waals surface area contributed by atoms with E-state index in [4.69, 9.17) is 4.74 Å². The number of hydrogen-bond donors (Lipinski definition) is 1. The minimum Gasteiger partial charge on any atom is -0.367 e. The SMILES string of the molecule is CC(C)(C)CC(C)(C(O)OC1(C)CC2CC(C#N)C2C1)C(C)(C)C. The summed E-state index contributed by atoms with van der Waals surface area (Å²) in [6.07, 6.45) is 2.99. The van der Waals surface area contributed by atoms with Crippen molar-refractivity contribution in [3.8, 4) is 6.07 Å². The zero-order valence-electron chi connectivity index (χ0n) is 16.9. The quantitative estimate of drug-likeness (QED) is 0.724. The fourth-order valence-electron chi connectivity index (χ4n) is 4.96. The predicted octanol–water partition coefficient (Wildman–Crippen LogP) is 5.14. The molecule has 0 heterocycles. The lowest BCUT2D eigenvalue weighted by Gasteiger charge is -2.49. The van der Waals surface area contributed by atoms with Gasteiger partial charge in [0.15, 0.2) is 6.29 Å². The van der Waals surface area contributed by atoms with E-state index in [9.17, 15) is 10.4 Å². The highest BCUT2D eigenvalue weighted by atomic mass is 16.6. The number of aliphatic hydroxyl groups excluding tert-OH is 1. The summed E-state index contributed by atoms with van der Waals surface area (Å²) in [7, 11) is 0. The van der Waals surface area contributed by atoms with Crippen LogP contribution in [0.15, 0.2) is 0 Å². The van der Waals surface area contributed by atoms with Gasteiger partial charge in [0.25, 0.3) is 0 Å². The molecule has 6 atom stereocenters. The number of nitriles is 1. The number of nitrogens with zero attached hydrogens (tertiary/aromatic N) is 1. The summed E-state index contributed by atoms with van der Waals surface area (Å²) in [6, 6.07) is 2.43. The molecule has 2 fully saturated rings. The molecule has 138 valence electrons. The zero-order valence-corrected chi connectivity index (χ0v) is 16.9. The van der Waals surface area contributed by atoms with E-state index >= 15 is 0 Å². The third kappa shape index (κ3) is 3.65. The Labute approximate surface area is 148 Å². The highest BCUT2D eigenvalue weighted by Crippen LogP contribution is 2.57. The average molecular weight is 336 g/mol. The molecule has 0 aromatic rings. The van der Waals surface area contributed by atoms with E-state index in [1.807, 2.05) is 0 Å². The van der Waals surface area contributed by atoms with E-state index in [-0.39, 0.29) is 27.8 Å². The Hall–Kier alpha value is -0.590. The molecule has 0 aliphatic heterocycles. The van der Waals surface area contributed by atoms with Crippen molar-refractivity contribution in [2.45, 2.75) is 93.0 Å². The molecule has 0 amide bonds. The Morgan fingerprint density at radius 2 is 1.75 bits per heavy atom. The molecule has 0 saturated heterocycles. The largest absolute Gasteiger partial charge is 0.367 e. The summed E-state index contributed by atoms with van der Waals surface area (Å²) < 4.78 is 6.36. The van der Waals surface area contributed by atoms with Gasteiger partial charge in [0, 0.05) is 11.3 Å². The van der Waals surface area contributed by atoms with E-state index in [1.165, 1.54) is 0 Å². The fourth-order valence-corrected chi connectivity index (χ4v) is 4.96. The van der Waals surface area contributed by atoms with E-state index in [0.717, 1.165) is 25.7 Å². The van der Waals surface area contributed by atoms with Crippen LogP contribution in [0, 0.1) is 45.3 Å². The van der Waals surface area contributed by atoms with Gasteiger partial charge in [-0.1, -0.05) is 48.5 Å². The Balaban J connectivity index is 2.14. The van der Waals surface area contributed by atoms with Crippen LogP contribution in [-0.2, 0) is 4.74 Å². The normalized spacial score (nSPS) is 37.1.